The van der Waals surface area contributed by atoms with E-state index in [2.05, 4.69) is 15.5 Å². The van der Waals surface area contributed by atoms with E-state index < -0.39 is 4.92 Å². The smallest absolute Gasteiger partial charge is 0.358 e. The van der Waals surface area contributed by atoms with E-state index in [0.717, 1.165) is 17.8 Å². The molecule has 9 heteroatoms. The van der Waals surface area contributed by atoms with Crippen LogP contribution in [0.2, 0.25) is 0 Å². The van der Waals surface area contributed by atoms with Gasteiger partial charge in [0, 0.05) is 24.3 Å². The fourth-order valence-electron chi connectivity index (χ4n) is 2.44. The van der Waals surface area contributed by atoms with Gasteiger partial charge in [-0.3, -0.25) is 9.48 Å². The quantitative estimate of drug-likeness (QED) is 0.611. The maximum Gasteiger partial charge on any atom is 0.390 e. The number of carbonyl (C=O) groups is 1. The van der Waals surface area contributed by atoms with Gasteiger partial charge in [0.05, 0.1) is 35.5 Å². The number of aromatic nitrogens is 4. The molecule has 0 aromatic carbocycles. The van der Waals surface area contributed by atoms with Gasteiger partial charge in [-0.1, -0.05) is 6.92 Å². The van der Waals surface area contributed by atoms with Gasteiger partial charge < -0.3 is 15.4 Å². The lowest BCUT2D eigenvalue weighted by Gasteiger charge is -2.11. The van der Waals surface area contributed by atoms with Crippen LogP contribution in [0.15, 0.2) is 12.3 Å². The Morgan fingerprint density at radius 3 is 2.67 bits per heavy atom. The summed E-state index contributed by atoms with van der Waals surface area (Å²) >= 11 is 0. The molecular weight excluding hydrogens is 312 g/mol. The van der Waals surface area contributed by atoms with Crippen molar-refractivity contribution in [2.45, 2.75) is 47.3 Å². The van der Waals surface area contributed by atoms with Crippen molar-refractivity contribution >= 4 is 11.7 Å². The van der Waals surface area contributed by atoms with Crippen LogP contribution in [0.25, 0.3) is 0 Å². The minimum absolute atomic E-state index is 0.129. The van der Waals surface area contributed by atoms with Crippen LogP contribution in [0, 0.1) is 29.9 Å². The number of hydrogen-bond donors (Lipinski definition) is 1. The predicted octanol–water partition coefficient (Wildman–Crippen LogP) is 1.58. The minimum Gasteiger partial charge on any atom is -0.358 e. The SMILES string of the molecule is CCn1ncc(CNC(=O)C(C)Cn2nc([N+](=O)[O-])cc2C)c1C. The van der Waals surface area contributed by atoms with Crippen LogP contribution < -0.4 is 5.32 Å². The van der Waals surface area contributed by atoms with Crippen molar-refractivity contribution in [1.82, 2.24) is 24.9 Å². The first kappa shape index (κ1) is 17.6. The van der Waals surface area contributed by atoms with Crippen LogP contribution in [-0.2, 0) is 24.4 Å². The molecule has 0 spiro atoms. The second-order valence-corrected chi connectivity index (χ2v) is 5.77. The molecular formula is C15H22N6O3. The Hall–Kier alpha value is -2.71. The standard InChI is InChI=1S/C15H22N6O3/c1-5-19-12(4)13(8-17-19)7-16-15(22)10(2)9-20-11(3)6-14(18-20)21(23)24/h6,8,10H,5,7,9H2,1-4H3,(H,16,22). The summed E-state index contributed by atoms with van der Waals surface area (Å²) in [7, 11) is 0. The predicted molar refractivity (Wildman–Crippen MR) is 87.3 cm³/mol. The zero-order chi connectivity index (χ0) is 17.9. The average molecular weight is 334 g/mol. The number of carbonyl (C=O) groups excluding carboxylic acids is 1. The monoisotopic (exact) mass is 334 g/mol. The first-order valence-corrected chi connectivity index (χ1v) is 7.81. The summed E-state index contributed by atoms with van der Waals surface area (Å²) in [5.74, 6) is -0.691. The molecule has 0 saturated carbocycles. The summed E-state index contributed by atoms with van der Waals surface area (Å²) < 4.78 is 3.36. The number of aryl methyl sites for hydroxylation is 2. The Morgan fingerprint density at radius 1 is 1.42 bits per heavy atom. The van der Waals surface area contributed by atoms with Crippen molar-refractivity contribution < 1.29 is 9.72 Å². The normalized spacial score (nSPS) is 12.2. The van der Waals surface area contributed by atoms with E-state index in [9.17, 15) is 14.9 Å². The summed E-state index contributed by atoms with van der Waals surface area (Å²) in [6.07, 6.45) is 1.75. The third-order valence-electron chi connectivity index (χ3n) is 4.01. The molecule has 0 radical (unpaired) electrons. The maximum absolute atomic E-state index is 12.2. The number of nitrogens with one attached hydrogen (secondary N) is 1. The molecule has 2 aromatic heterocycles. The number of rotatable bonds is 7. The fraction of sp³-hybridized carbons (Fsp3) is 0.533. The molecule has 2 aromatic rings. The van der Waals surface area contributed by atoms with Gasteiger partial charge >= 0.3 is 5.82 Å². The molecule has 1 amide bonds. The van der Waals surface area contributed by atoms with E-state index in [4.69, 9.17) is 0 Å². The van der Waals surface area contributed by atoms with Crippen LogP contribution in [0.3, 0.4) is 0 Å². The Labute approximate surface area is 139 Å². The van der Waals surface area contributed by atoms with Gasteiger partial charge in [-0.05, 0) is 25.7 Å². The first-order valence-electron chi connectivity index (χ1n) is 7.81. The molecule has 0 aliphatic carbocycles. The molecule has 9 nitrogen and oxygen atoms in total. The lowest BCUT2D eigenvalue weighted by atomic mass is 10.1. The van der Waals surface area contributed by atoms with Crippen molar-refractivity contribution in [3.8, 4) is 0 Å². The van der Waals surface area contributed by atoms with Crippen molar-refractivity contribution in [2.24, 2.45) is 5.92 Å². The molecule has 1 atom stereocenters. The lowest BCUT2D eigenvalue weighted by Crippen LogP contribution is -2.31. The Balaban J connectivity index is 1.94. The third-order valence-corrected chi connectivity index (χ3v) is 4.01. The molecule has 0 aliphatic rings. The number of amides is 1. The molecule has 1 unspecified atom stereocenters. The third kappa shape index (κ3) is 3.79. The molecule has 24 heavy (non-hydrogen) atoms. The van der Waals surface area contributed by atoms with Crippen LogP contribution in [-0.4, -0.2) is 30.4 Å². The summed E-state index contributed by atoms with van der Waals surface area (Å²) in [4.78, 5) is 22.5. The van der Waals surface area contributed by atoms with Crippen molar-refractivity contribution in [3.05, 3.63) is 39.3 Å². The van der Waals surface area contributed by atoms with Gasteiger partial charge in [-0.2, -0.15) is 9.78 Å². The number of hydrogen-bond acceptors (Lipinski definition) is 5. The highest BCUT2D eigenvalue weighted by Gasteiger charge is 2.20. The molecule has 130 valence electrons. The van der Waals surface area contributed by atoms with Crippen LogP contribution in [0.1, 0.15) is 30.8 Å². The van der Waals surface area contributed by atoms with E-state index in [-0.39, 0.29) is 17.6 Å². The van der Waals surface area contributed by atoms with E-state index >= 15 is 0 Å². The van der Waals surface area contributed by atoms with Crippen LogP contribution in [0.4, 0.5) is 5.82 Å². The van der Waals surface area contributed by atoms with E-state index in [1.807, 2.05) is 18.5 Å². The topological polar surface area (TPSA) is 108 Å². The second-order valence-electron chi connectivity index (χ2n) is 5.77. The molecule has 0 bridgehead atoms. The largest absolute Gasteiger partial charge is 0.390 e. The highest BCUT2D eigenvalue weighted by Crippen LogP contribution is 2.13. The number of nitrogens with zero attached hydrogens (tertiary/aromatic N) is 5. The Morgan fingerprint density at radius 2 is 2.12 bits per heavy atom. The second kappa shape index (κ2) is 7.24. The summed E-state index contributed by atoms with van der Waals surface area (Å²) in [6.45, 7) is 8.96. The maximum atomic E-state index is 12.2. The van der Waals surface area contributed by atoms with E-state index in [0.29, 0.717) is 18.8 Å². The van der Waals surface area contributed by atoms with Crippen molar-refractivity contribution in [2.75, 3.05) is 0 Å². The fourth-order valence-corrected chi connectivity index (χ4v) is 2.44. The molecule has 0 saturated heterocycles. The first-order chi connectivity index (χ1) is 11.3. The van der Waals surface area contributed by atoms with Crippen LogP contribution in [0.5, 0.6) is 0 Å². The van der Waals surface area contributed by atoms with Gasteiger partial charge in [0.1, 0.15) is 0 Å². The zero-order valence-corrected chi connectivity index (χ0v) is 14.3. The molecule has 0 fully saturated rings. The van der Waals surface area contributed by atoms with E-state index in [1.54, 1.807) is 20.0 Å². The minimum atomic E-state index is -0.539. The van der Waals surface area contributed by atoms with Gasteiger partial charge in [0.2, 0.25) is 5.91 Å². The van der Waals surface area contributed by atoms with Gasteiger partial charge in [-0.15, -0.1) is 0 Å². The summed E-state index contributed by atoms with van der Waals surface area (Å²) in [6, 6.07) is 1.40. The number of nitro groups is 1. The van der Waals surface area contributed by atoms with Gasteiger partial charge in [0.15, 0.2) is 0 Å². The molecule has 2 rings (SSSR count). The van der Waals surface area contributed by atoms with Crippen LogP contribution >= 0.6 is 0 Å². The lowest BCUT2D eigenvalue weighted by molar-refractivity contribution is -0.389. The summed E-state index contributed by atoms with van der Waals surface area (Å²) in [5, 5.41) is 21.8. The average Bonchev–Trinajstić information content (AvgIpc) is 3.08. The highest BCUT2D eigenvalue weighted by atomic mass is 16.6. The van der Waals surface area contributed by atoms with Crippen molar-refractivity contribution in [1.29, 1.82) is 0 Å². The Kier molecular flexibility index (Phi) is 5.32. The Bertz CT molecular complexity index is 748. The van der Waals surface area contributed by atoms with Crippen molar-refractivity contribution in [3.63, 3.8) is 0 Å². The summed E-state index contributed by atoms with van der Waals surface area (Å²) in [5.41, 5.74) is 2.66. The molecule has 2 heterocycles. The van der Waals surface area contributed by atoms with Gasteiger partial charge in [0.25, 0.3) is 0 Å². The van der Waals surface area contributed by atoms with E-state index in [1.165, 1.54) is 10.7 Å². The zero-order valence-electron chi connectivity index (χ0n) is 14.3. The molecule has 0 aliphatic heterocycles. The highest BCUT2D eigenvalue weighted by molar-refractivity contribution is 5.78. The van der Waals surface area contributed by atoms with Gasteiger partial charge in [-0.25, -0.2) is 0 Å². The molecule has 1 N–H and O–H groups in total.